The van der Waals surface area contributed by atoms with E-state index >= 15 is 8.78 Å². The number of nitrogens with two attached hydrogens (primary N) is 2. The second-order valence-corrected chi connectivity index (χ2v) is 8.43. The third-order valence-electron chi connectivity index (χ3n) is 6.63. The molecule has 2 unspecified atom stereocenters. The fourth-order valence-electron chi connectivity index (χ4n) is 4.95. The van der Waals surface area contributed by atoms with Gasteiger partial charge in [0.15, 0.2) is 17.4 Å². The standard InChI is InChI=1S/C20H22F2N4O5/c21-13-15(24)12-16(26(10-1-2-10)6-11(18(12)27)31-19(28)29)14(22)17(13)25-5-9-3-4-30-20(9,7-23)8-25/h6,9-10H,1-5,7-8,23-24H2,(H,28,29). The molecular weight excluding hydrogens is 414 g/mol. The number of fused-ring (bicyclic) bond motifs is 2. The summed E-state index contributed by atoms with van der Waals surface area (Å²) < 4.78 is 43.1. The molecule has 2 aliphatic heterocycles. The van der Waals surface area contributed by atoms with Gasteiger partial charge in [-0.25, -0.2) is 13.6 Å². The summed E-state index contributed by atoms with van der Waals surface area (Å²) in [5.74, 6) is -2.50. The van der Waals surface area contributed by atoms with Gasteiger partial charge in [-0.15, -0.1) is 0 Å². The van der Waals surface area contributed by atoms with E-state index in [1.165, 1.54) is 4.57 Å². The minimum atomic E-state index is -1.70. The molecule has 166 valence electrons. The van der Waals surface area contributed by atoms with Crippen LogP contribution in [-0.4, -0.2) is 47.7 Å². The van der Waals surface area contributed by atoms with Crippen LogP contribution in [0.15, 0.2) is 11.0 Å². The van der Waals surface area contributed by atoms with Gasteiger partial charge in [-0.1, -0.05) is 0 Å². The number of halogens is 2. The first kappa shape index (κ1) is 20.0. The van der Waals surface area contributed by atoms with E-state index in [9.17, 15) is 9.59 Å². The molecule has 31 heavy (non-hydrogen) atoms. The topological polar surface area (TPSA) is 133 Å². The van der Waals surface area contributed by atoms with E-state index in [0.717, 1.165) is 12.6 Å². The molecule has 3 aliphatic rings. The number of aromatic nitrogens is 1. The van der Waals surface area contributed by atoms with E-state index in [2.05, 4.69) is 4.74 Å². The summed E-state index contributed by atoms with van der Waals surface area (Å²) in [5, 5.41) is 8.50. The molecule has 0 spiro atoms. The molecule has 3 fully saturated rings. The normalized spacial score (nSPS) is 25.3. The molecule has 2 aromatic rings. The molecule has 1 aliphatic carbocycles. The van der Waals surface area contributed by atoms with Crippen molar-refractivity contribution >= 4 is 28.4 Å². The SMILES string of the molecule is NCC12CN(c3c(F)c(N)c4c(=O)c(OC(=O)O)cn(C5CC5)c4c3F)CC1CCO2. The number of hydrogen-bond acceptors (Lipinski definition) is 7. The first-order valence-electron chi connectivity index (χ1n) is 10.1. The average molecular weight is 436 g/mol. The van der Waals surface area contributed by atoms with Crippen LogP contribution in [0.1, 0.15) is 25.3 Å². The molecule has 2 saturated heterocycles. The molecule has 0 bridgehead atoms. The van der Waals surface area contributed by atoms with Crippen LogP contribution in [0.4, 0.5) is 25.0 Å². The number of rotatable bonds is 4. The van der Waals surface area contributed by atoms with Gasteiger partial charge in [0, 0.05) is 38.2 Å². The highest BCUT2D eigenvalue weighted by molar-refractivity contribution is 5.96. The predicted molar refractivity (Wildman–Crippen MR) is 108 cm³/mol. The lowest BCUT2D eigenvalue weighted by atomic mass is 9.91. The molecule has 1 aromatic heterocycles. The fraction of sp³-hybridized carbons (Fsp3) is 0.500. The molecule has 5 rings (SSSR count). The lowest BCUT2D eigenvalue weighted by Gasteiger charge is -2.28. The summed E-state index contributed by atoms with van der Waals surface area (Å²) in [6, 6.07) is -0.164. The zero-order valence-electron chi connectivity index (χ0n) is 16.6. The molecule has 3 heterocycles. The Morgan fingerprint density at radius 1 is 1.32 bits per heavy atom. The summed E-state index contributed by atoms with van der Waals surface area (Å²) in [7, 11) is 0. The monoisotopic (exact) mass is 436 g/mol. The molecule has 0 amide bonds. The van der Waals surface area contributed by atoms with Crippen LogP contribution < -0.4 is 26.5 Å². The minimum Gasteiger partial charge on any atom is -0.449 e. The van der Waals surface area contributed by atoms with E-state index in [1.807, 2.05) is 0 Å². The Labute approximate surface area is 175 Å². The van der Waals surface area contributed by atoms with Crippen molar-refractivity contribution in [3.63, 3.8) is 0 Å². The fourth-order valence-corrected chi connectivity index (χ4v) is 4.95. The molecular formula is C20H22F2N4O5. The Morgan fingerprint density at radius 2 is 2.06 bits per heavy atom. The second-order valence-electron chi connectivity index (χ2n) is 8.43. The number of anilines is 2. The highest BCUT2D eigenvalue weighted by Crippen LogP contribution is 2.45. The van der Waals surface area contributed by atoms with Crippen LogP contribution in [0, 0.1) is 17.6 Å². The first-order chi connectivity index (χ1) is 14.8. The maximum absolute atomic E-state index is 15.9. The Kier molecular flexibility index (Phi) is 4.38. The van der Waals surface area contributed by atoms with Gasteiger partial charge in [0.1, 0.15) is 11.3 Å². The summed E-state index contributed by atoms with van der Waals surface area (Å²) in [4.78, 5) is 25.3. The van der Waals surface area contributed by atoms with E-state index in [0.29, 0.717) is 26.0 Å². The van der Waals surface area contributed by atoms with Crippen molar-refractivity contribution in [2.75, 3.05) is 36.9 Å². The largest absolute Gasteiger partial charge is 0.511 e. The lowest BCUT2D eigenvalue weighted by Crippen LogP contribution is -2.44. The van der Waals surface area contributed by atoms with Crippen molar-refractivity contribution in [2.24, 2.45) is 11.7 Å². The van der Waals surface area contributed by atoms with Crippen molar-refractivity contribution in [3.05, 3.63) is 28.1 Å². The number of pyridine rings is 1. The zero-order chi connectivity index (χ0) is 22.1. The number of carboxylic acid groups (broad SMARTS) is 1. The average Bonchev–Trinajstić information content (AvgIpc) is 3.39. The van der Waals surface area contributed by atoms with Gasteiger partial charge in [-0.3, -0.25) is 4.79 Å². The quantitative estimate of drug-likeness (QED) is 0.488. The van der Waals surface area contributed by atoms with Gasteiger partial charge in [-0.2, -0.15) is 0 Å². The van der Waals surface area contributed by atoms with Crippen LogP contribution in [0.25, 0.3) is 10.9 Å². The Balaban J connectivity index is 1.73. The maximum atomic E-state index is 15.9. The number of carbonyl (C=O) groups is 1. The van der Waals surface area contributed by atoms with Gasteiger partial charge in [0.2, 0.25) is 5.43 Å². The highest BCUT2D eigenvalue weighted by atomic mass is 19.1. The second kappa shape index (κ2) is 6.79. The Bertz CT molecular complexity index is 1160. The van der Waals surface area contributed by atoms with Crippen LogP contribution in [0.2, 0.25) is 0 Å². The summed E-state index contributed by atoms with van der Waals surface area (Å²) >= 11 is 0. The number of benzene rings is 1. The van der Waals surface area contributed by atoms with E-state index in [1.54, 1.807) is 4.90 Å². The van der Waals surface area contributed by atoms with E-state index in [4.69, 9.17) is 21.3 Å². The molecule has 9 nitrogen and oxygen atoms in total. The predicted octanol–water partition coefficient (Wildman–Crippen LogP) is 1.81. The summed E-state index contributed by atoms with van der Waals surface area (Å²) in [6.07, 6.45) is 1.59. The van der Waals surface area contributed by atoms with E-state index < -0.39 is 45.6 Å². The maximum Gasteiger partial charge on any atom is 0.511 e. The van der Waals surface area contributed by atoms with Crippen LogP contribution in [0.3, 0.4) is 0 Å². The van der Waals surface area contributed by atoms with Crippen molar-refractivity contribution in [3.8, 4) is 5.75 Å². The van der Waals surface area contributed by atoms with Gasteiger partial charge in [-0.05, 0) is 19.3 Å². The molecule has 11 heteroatoms. The van der Waals surface area contributed by atoms with Crippen LogP contribution >= 0.6 is 0 Å². The Hall–Kier alpha value is -2.92. The smallest absolute Gasteiger partial charge is 0.449 e. The van der Waals surface area contributed by atoms with Crippen LogP contribution in [0.5, 0.6) is 5.75 Å². The van der Waals surface area contributed by atoms with E-state index in [-0.39, 0.29) is 36.3 Å². The van der Waals surface area contributed by atoms with Gasteiger partial charge >= 0.3 is 6.16 Å². The third-order valence-corrected chi connectivity index (χ3v) is 6.63. The number of ether oxygens (including phenoxy) is 2. The van der Waals surface area contributed by atoms with Crippen LogP contribution in [-0.2, 0) is 4.74 Å². The number of hydrogen-bond donors (Lipinski definition) is 3. The lowest BCUT2D eigenvalue weighted by molar-refractivity contribution is 0.0126. The molecule has 2 atom stereocenters. The van der Waals surface area contributed by atoms with Crippen molar-refractivity contribution in [1.29, 1.82) is 0 Å². The number of nitrogen functional groups attached to an aromatic ring is 1. The number of nitrogens with zero attached hydrogens (tertiary/aromatic N) is 2. The molecule has 1 aromatic carbocycles. The summed E-state index contributed by atoms with van der Waals surface area (Å²) in [6.45, 7) is 1.34. The van der Waals surface area contributed by atoms with Crippen molar-refractivity contribution < 1.29 is 28.2 Å². The molecule has 5 N–H and O–H groups in total. The van der Waals surface area contributed by atoms with Gasteiger partial charge in [0.05, 0.1) is 22.8 Å². The Morgan fingerprint density at radius 3 is 2.68 bits per heavy atom. The van der Waals surface area contributed by atoms with Gasteiger partial charge < -0.3 is 35.5 Å². The zero-order valence-corrected chi connectivity index (χ0v) is 16.6. The van der Waals surface area contributed by atoms with Crippen molar-refractivity contribution in [2.45, 2.75) is 30.9 Å². The third kappa shape index (κ3) is 2.87. The van der Waals surface area contributed by atoms with Gasteiger partial charge in [0.25, 0.3) is 0 Å². The highest BCUT2D eigenvalue weighted by Gasteiger charge is 2.51. The summed E-state index contributed by atoms with van der Waals surface area (Å²) in [5.41, 5.74) is 9.25. The molecule has 1 saturated carbocycles. The molecule has 0 radical (unpaired) electrons. The minimum absolute atomic E-state index is 0.0326. The van der Waals surface area contributed by atoms with Crippen molar-refractivity contribution in [1.82, 2.24) is 4.57 Å². The first-order valence-corrected chi connectivity index (χ1v) is 10.1.